The van der Waals surface area contributed by atoms with Gasteiger partial charge in [0, 0.05) is 44.4 Å². The van der Waals surface area contributed by atoms with Gasteiger partial charge in [0.1, 0.15) is 5.82 Å². The van der Waals surface area contributed by atoms with Crippen LogP contribution in [0.25, 0.3) is 0 Å². The lowest BCUT2D eigenvalue weighted by atomic mass is 10.2. The number of nitrogens with zero attached hydrogens (tertiary/aromatic N) is 3. The Hall–Kier alpha value is -1.54. The summed E-state index contributed by atoms with van der Waals surface area (Å²) in [5.74, 6) is 1.74. The quantitative estimate of drug-likeness (QED) is 0.351. The highest BCUT2D eigenvalue weighted by Gasteiger charge is 2.04. The number of guanidine groups is 1. The molecule has 0 saturated heterocycles. The van der Waals surface area contributed by atoms with E-state index in [-0.39, 0.29) is 24.0 Å². The normalized spacial score (nSPS) is 10.8. The Kier molecular flexibility index (Phi) is 10.3. The molecular weight excluding hydrogens is 461 g/mol. The minimum absolute atomic E-state index is 0. The smallest absolute Gasteiger partial charge is 0.191 e. The van der Waals surface area contributed by atoms with Crippen molar-refractivity contribution in [1.82, 2.24) is 15.6 Å². The maximum atomic E-state index is 6.18. The molecule has 2 N–H and O–H groups in total. The van der Waals surface area contributed by atoms with Crippen LogP contribution in [0, 0.1) is 0 Å². The first-order valence-corrected chi connectivity index (χ1v) is 8.93. The molecule has 0 radical (unpaired) electrons. The van der Waals surface area contributed by atoms with Crippen LogP contribution >= 0.6 is 35.6 Å². The fourth-order valence-corrected chi connectivity index (χ4v) is 2.69. The van der Waals surface area contributed by atoms with Crippen molar-refractivity contribution < 1.29 is 0 Å². The highest BCUT2D eigenvalue weighted by atomic mass is 127. The molecule has 0 atom stereocenters. The average Bonchev–Trinajstić information content (AvgIpc) is 2.65. The van der Waals surface area contributed by atoms with E-state index in [0.717, 1.165) is 41.0 Å². The van der Waals surface area contributed by atoms with Crippen LogP contribution in [0.3, 0.4) is 0 Å². The van der Waals surface area contributed by atoms with Gasteiger partial charge in [-0.1, -0.05) is 35.9 Å². The molecule has 7 heteroatoms. The Morgan fingerprint density at radius 3 is 2.35 bits per heavy atom. The van der Waals surface area contributed by atoms with E-state index in [0.29, 0.717) is 13.1 Å². The molecule has 0 unspecified atom stereocenters. The van der Waals surface area contributed by atoms with Crippen LogP contribution in [0.4, 0.5) is 5.82 Å². The van der Waals surface area contributed by atoms with Gasteiger partial charge in [0.2, 0.25) is 0 Å². The number of hydrogen-bond donors (Lipinski definition) is 2. The number of nitrogens with one attached hydrogen (secondary N) is 2. The second-order valence-electron chi connectivity index (χ2n) is 5.57. The number of aliphatic imine (C=N–C) groups is 1. The lowest BCUT2D eigenvalue weighted by Gasteiger charge is -2.19. The van der Waals surface area contributed by atoms with Gasteiger partial charge in [-0.3, -0.25) is 4.99 Å². The van der Waals surface area contributed by atoms with Crippen LogP contribution in [-0.4, -0.2) is 31.1 Å². The van der Waals surface area contributed by atoms with Crippen molar-refractivity contribution in [3.8, 4) is 0 Å². The van der Waals surface area contributed by atoms with Crippen molar-refractivity contribution in [2.75, 3.05) is 25.0 Å². The number of hydrogen-bond acceptors (Lipinski definition) is 3. The summed E-state index contributed by atoms with van der Waals surface area (Å²) >= 11 is 6.18. The highest BCUT2D eigenvalue weighted by molar-refractivity contribution is 14.0. The van der Waals surface area contributed by atoms with Crippen molar-refractivity contribution in [3.05, 3.63) is 58.7 Å². The number of halogens is 2. The Labute approximate surface area is 178 Å². The number of anilines is 1. The van der Waals surface area contributed by atoms with Crippen LogP contribution in [0.2, 0.25) is 5.02 Å². The Morgan fingerprint density at radius 2 is 1.77 bits per heavy atom. The molecule has 0 bridgehead atoms. The summed E-state index contributed by atoms with van der Waals surface area (Å²) in [4.78, 5) is 11.0. The summed E-state index contributed by atoms with van der Waals surface area (Å²) in [6.45, 7) is 7.47. The summed E-state index contributed by atoms with van der Waals surface area (Å²) in [6, 6.07) is 11.9. The third kappa shape index (κ3) is 6.64. The van der Waals surface area contributed by atoms with Crippen molar-refractivity contribution in [2.45, 2.75) is 26.9 Å². The molecule has 5 nitrogen and oxygen atoms in total. The molecule has 0 aliphatic rings. The molecule has 1 heterocycles. The standard InChI is InChI=1S/C19H26ClN5.HI/c1-4-25(5-2)18-11-10-15(12-22-18)13-23-19(21-3)24-14-16-8-6-7-9-17(16)20;/h6-12H,4-5,13-14H2,1-3H3,(H2,21,23,24);1H. The highest BCUT2D eigenvalue weighted by Crippen LogP contribution is 2.14. The lowest BCUT2D eigenvalue weighted by molar-refractivity contribution is 0.803. The Morgan fingerprint density at radius 1 is 1.08 bits per heavy atom. The van der Waals surface area contributed by atoms with Crippen LogP contribution in [0.15, 0.2) is 47.6 Å². The monoisotopic (exact) mass is 487 g/mol. The Balaban J connectivity index is 0.00000338. The second-order valence-corrected chi connectivity index (χ2v) is 5.97. The van der Waals surface area contributed by atoms with Gasteiger partial charge in [0.05, 0.1) is 0 Å². The molecule has 0 fully saturated rings. The molecule has 0 saturated carbocycles. The van der Waals surface area contributed by atoms with Crippen molar-refractivity contribution >= 4 is 47.4 Å². The maximum absolute atomic E-state index is 6.18. The molecule has 0 amide bonds. The van der Waals surface area contributed by atoms with Gasteiger partial charge in [-0.2, -0.15) is 0 Å². The Bertz CT molecular complexity index is 687. The predicted octanol–water partition coefficient (Wildman–Crippen LogP) is 4.06. The number of rotatable bonds is 7. The van der Waals surface area contributed by atoms with E-state index in [1.165, 1.54) is 0 Å². The molecule has 0 aliphatic carbocycles. The number of aromatic nitrogens is 1. The molecule has 2 aromatic rings. The van der Waals surface area contributed by atoms with E-state index in [1.54, 1.807) is 7.05 Å². The molecule has 0 spiro atoms. The summed E-state index contributed by atoms with van der Waals surface area (Å²) in [5.41, 5.74) is 2.15. The number of benzene rings is 1. The largest absolute Gasteiger partial charge is 0.357 e. The first-order valence-electron chi connectivity index (χ1n) is 8.55. The summed E-state index contributed by atoms with van der Waals surface area (Å²) < 4.78 is 0. The van der Waals surface area contributed by atoms with Crippen LogP contribution < -0.4 is 15.5 Å². The van der Waals surface area contributed by atoms with E-state index in [1.807, 2.05) is 30.5 Å². The topological polar surface area (TPSA) is 52.5 Å². The van der Waals surface area contributed by atoms with Gasteiger partial charge < -0.3 is 15.5 Å². The van der Waals surface area contributed by atoms with Gasteiger partial charge >= 0.3 is 0 Å². The fraction of sp³-hybridized carbons (Fsp3) is 0.368. The van der Waals surface area contributed by atoms with Crippen molar-refractivity contribution in [3.63, 3.8) is 0 Å². The third-order valence-electron chi connectivity index (χ3n) is 3.98. The molecule has 26 heavy (non-hydrogen) atoms. The fourth-order valence-electron chi connectivity index (χ4n) is 2.48. The zero-order valence-corrected chi connectivity index (χ0v) is 18.6. The van der Waals surface area contributed by atoms with E-state index in [4.69, 9.17) is 11.6 Å². The minimum Gasteiger partial charge on any atom is -0.357 e. The molecule has 2 rings (SSSR count). The van der Waals surface area contributed by atoms with Gasteiger partial charge in [-0.05, 0) is 37.1 Å². The second kappa shape index (κ2) is 12.0. The van der Waals surface area contributed by atoms with Gasteiger partial charge in [-0.25, -0.2) is 4.98 Å². The van der Waals surface area contributed by atoms with Crippen LogP contribution in [0.5, 0.6) is 0 Å². The van der Waals surface area contributed by atoms with Crippen molar-refractivity contribution in [2.24, 2.45) is 4.99 Å². The predicted molar refractivity (Wildman–Crippen MR) is 122 cm³/mol. The van der Waals surface area contributed by atoms with E-state index >= 15 is 0 Å². The van der Waals surface area contributed by atoms with Gasteiger partial charge in [-0.15, -0.1) is 24.0 Å². The molecule has 1 aromatic carbocycles. The van der Waals surface area contributed by atoms with Gasteiger partial charge in [0.15, 0.2) is 5.96 Å². The summed E-state index contributed by atoms with van der Waals surface area (Å²) in [6.07, 6.45) is 1.90. The maximum Gasteiger partial charge on any atom is 0.191 e. The average molecular weight is 488 g/mol. The zero-order valence-electron chi connectivity index (χ0n) is 15.5. The first-order chi connectivity index (χ1) is 12.2. The van der Waals surface area contributed by atoms with Gasteiger partial charge in [0.25, 0.3) is 0 Å². The van der Waals surface area contributed by atoms with E-state index < -0.39 is 0 Å². The minimum atomic E-state index is 0. The SMILES string of the molecule is CCN(CC)c1ccc(CNC(=NC)NCc2ccccc2Cl)cn1.I. The molecule has 0 aliphatic heterocycles. The van der Waals surface area contributed by atoms with Crippen LogP contribution in [0.1, 0.15) is 25.0 Å². The lowest BCUT2D eigenvalue weighted by Crippen LogP contribution is -2.36. The molecule has 142 valence electrons. The molecule has 1 aromatic heterocycles. The van der Waals surface area contributed by atoms with Crippen LogP contribution in [-0.2, 0) is 13.1 Å². The number of pyridine rings is 1. The molecular formula is C19H27ClIN5. The first kappa shape index (κ1) is 22.5. The summed E-state index contributed by atoms with van der Waals surface area (Å²) in [5, 5.41) is 7.32. The summed E-state index contributed by atoms with van der Waals surface area (Å²) in [7, 11) is 1.75. The zero-order chi connectivity index (χ0) is 18.1. The third-order valence-corrected chi connectivity index (χ3v) is 4.35. The van der Waals surface area contributed by atoms with E-state index in [2.05, 4.69) is 51.5 Å². The van der Waals surface area contributed by atoms with E-state index in [9.17, 15) is 0 Å². The van der Waals surface area contributed by atoms with Crippen molar-refractivity contribution in [1.29, 1.82) is 0 Å².